The summed E-state index contributed by atoms with van der Waals surface area (Å²) in [5.41, 5.74) is 5.08. The van der Waals surface area contributed by atoms with Crippen molar-refractivity contribution in [2.75, 3.05) is 0 Å². The van der Waals surface area contributed by atoms with Crippen molar-refractivity contribution in [3.8, 4) is 17.9 Å². The van der Waals surface area contributed by atoms with Crippen LogP contribution >= 0.6 is 0 Å². The van der Waals surface area contributed by atoms with Gasteiger partial charge in [-0.15, -0.1) is 0 Å². The van der Waals surface area contributed by atoms with Gasteiger partial charge in [0.25, 0.3) is 5.69 Å². The number of nitriles is 1. The number of carbonyl (C=O) groups is 1. The first kappa shape index (κ1) is 12.2. The normalized spacial score (nSPS) is 8.65. The third-order valence-electron chi connectivity index (χ3n) is 1.81. The first-order valence-corrected chi connectivity index (χ1v) is 4.49. The Kier molecular flexibility index (Phi) is 3.80. The lowest BCUT2D eigenvalue weighted by molar-refractivity contribution is -0.384. The molecule has 0 radical (unpaired) electrons. The fraction of sp³-hybridized carbons (Fsp3) is 0.0909. The Bertz CT molecular complexity index is 544. The van der Waals surface area contributed by atoms with Gasteiger partial charge in [0.15, 0.2) is 0 Å². The molecular weight excluding hydrogens is 222 g/mol. The van der Waals surface area contributed by atoms with Crippen LogP contribution in [0.2, 0.25) is 0 Å². The maximum atomic E-state index is 11.0. The highest BCUT2D eigenvalue weighted by Gasteiger charge is 2.11. The van der Waals surface area contributed by atoms with E-state index in [1.54, 1.807) is 0 Å². The maximum Gasteiger partial charge on any atom is 0.271 e. The van der Waals surface area contributed by atoms with E-state index >= 15 is 0 Å². The minimum atomic E-state index is -0.767. The van der Waals surface area contributed by atoms with Gasteiger partial charge < -0.3 is 5.73 Å². The van der Waals surface area contributed by atoms with Crippen molar-refractivity contribution in [3.63, 3.8) is 0 Å². The molecule has 0 aromatic heterocycles. The van der Waals surface area contributed by atoms with Gasteiger partial charge >= 0.3 is 0 Å². The molecule has 6 heteroatoms. The highest BCUT2D eigenvalue weighted by Crippen LogP contribution is 2.16. The summed E-state index contributed by atoms with van der Waals surface area (Å²) >= 11 is 0. The Morgan fingerprint density at radius 3 is 2.71 bits per heavy atom. The molecule has 0 aliphatic rings. The lowest BCUT2D eigenvalue weighted by Gasteiger charge is -1.97. The predicted octanol–water partition coefficient (Wildman–Crippen LogP) is 0.959. The molecule has 84 valence electrons. The van der Waals surface area contributed by atoms with E-state index in [1.165, 1.54) is 12.1 Å². The van der Waals surface area contributed by atoms with Crippen LogP contribution in [0.1, 0.15) is 22.3 Å². The molecule has 0 saturated heterocycles. The molecule has 2 N–H and O–H groups in total. The lowest BCUT2D eigenvalue weighted by atomic mass is 10.1. The molecule has 6 nitrogen and oxygen atoms in total. The Labute approximate surface area is 96.8 Å². The molecule has 0 spiro atoms. The van der Waals surface area contributed by atoms with Crippen LogP contribution in [-0.2, 0) is 0 Å². The summed E-state index contributed by atoms with van der Waals surface area (Å²) in [6.07, 6.45) is 0.00853. The van der Waals surface area contributed by atoms with E-state index in [1.807, 2.05) is 6.07 Å². The molecule has 0 unspecified atom stereocenters. The first-order chi connectivity index (χ1) is 8.04. The number of amides is 1. The Morgan fingerprint density at radius 2 is 2.18 bits per heavy atom. The van der Waals surface area contributed by atoms with E-state index in [0.717, 1.165) is 6.07 Å². The van der Waals surface area contributed by atoms with Crippen LogP contribution in [0, 0.1) is 33.3 Å². The van der Waals surface area contributed by atoms with Gasteiger partial charge in [-0.1, -0.05) is 11.8 Å². The molecule has 0 aliphatic carbocycles. The van der Waals surface area contributed by atoms with Crippen LogP contribution in [0.15, 0.2) is 18.2 Å². The van der Waals surface area contributed by atoms with Crippen molar-refractivity contribution in [2.45, 2.75) is 6.42 Å². The van der Waals surface area contributed by atoms with E-state index in [0.29, 0.717) is 0 Å². The summed E-state index contributed by atoms with van der Waals surface area (Å²) in [5.74, 6) is 4.28. The number of non-ortho nitro benzene ring substituents is 1. The van der Waals surface area contributed by atoms with Crippen molar-refractivity contribution in [2.24, 2.45) is 5.73 Å². The van der Waals surface area contributed by atoms with Crippen LogP contribution in [0.5, 0.6) is 0 Å². The van der Waals surface area contributed by atoms with Crippen molar-refractivity contribution in [1.29, 1.82) is 5.26 Å². The zero-order valence-electron chi connectivity index (χ0n) is 8.64. The molecule has 0 atom stereocenters. The zero-order chi connectivity index (χ0) is 12.8. The van der Waals surface area contributed by atoms with Gasteiger partial charge in [-0.05, 0) is 6.07 Å². The molecule has 0 aliphatic heterocycles. The summed E-state index contributed by atoms with van der Waals surface area (Å²) in [7, 11) is 0. The molecule has 0 bridgehead atoms. The van der Waals surface area contributed by atoms with Gasteiger partial charge in [-0.3, -0.25) is 14.9 Å². The third kappa shape index (κ3) is 3.33. The highest BCUT2D eigenvalue weighted by molar-refractivity contribution is 5.93. The molecule has 1 rings (SSSR count). The second-order valence-electron chi connectivity index (χ2n) is 3.03. The zero-order valence-corrected chi connectivity index (χ0v) is 8.64. The SMILES string of the molecule is N#CCC#Cc1cc(C(N)=O)cc([N+](=O)[O-])c1. The van der Waals surface area contributed by atoms with Crippen molar-refractivity contribution < 1.29 is 9.72 Å². The van der Waals surface area contributed by atoms with E-state index < -0.39 is 10.8 Å². The Hall–Kier alpha value is -2.86. The fourth-order valence-corrected chi connectivity index (χ4v) is 1.12. The summed E-state index contributed by atoms with van der Waals surface area (Å²) in [6.45, 7) is 0. The minimum absolute atomic E-state index is 0.00853. The van der Waals surface area contributed by atoms with Gasteiger partial charge in [-0.25, -0.2) is 0 Å². The summed E-state index contributed by atoms with van der Waals surface area (Å²) in [5, 5.41) is 18.9. The highest BCUT2D eigenvalue weighted by atomic mass is 16.6. The van der Waals surface area contributed by atoms with E-state index in [9.17, 15) is 14.9 Å². The summed E-state index contributed by atoms with van der Waals surface area (Å²) < 4.78 is 0. The minimum Gasteiger partial charge on any atom is -0.366 e. The standard InChI is InChI=1S/C11H7N3O3/c12-4-2-1-3-8-5-9(11(13)15)7-10(6-8)14(16)17/h5-7H,2H2,(H2,13,15). The molecule has 0 fully saturated rings. The van der Waals surface area contributed by atoms with Gasteiger partial charge in [0.1, 0.15) is 0 Å². The number of hydrogen-bond acceptors (Lipinski definition) is 4. The third-order valence-corrected chi connectivity index (χ3v) is 1.81. The number of nitro benzene ring substituents is 1. The second-order valence-corrected chi connectivity index (χ2v) is 3.03. The molecule has 17 heavy (non-hydrogen) atoms. The van der Waals surface area contributed by atoms with Gasteiger partial charge in [0, 0.05) is 23.3 Å². The van der Waals surface area contributed by atoms with Gasteiger partial charge in [-0.2, -0.15) is 5.26 Å². The lowest BCUT2D eigenvalue weighted by Crippen LogP contribution is -2.11. The van der Waals surface area contributed by atoms with Crippen molar-refractivity contribution in [3.05, 3.63) is 39.4 Å². The van der Waals surface area contributed by atoms with Crippen molar-refractivity contribution in [1.82, 2.24) is 0 Å². The Morgan fingerprint density at radius 1 is 1.47 bits per heavy atom. The molecule has 1 aromatic carbocycles. The molecule has 0 saturated carbocycles. The Balaban J connectivity index is 3.24. The van der Waals surface area contributed by atoms with E-state index in [4.69, 9.17) is 11.0 Å². The number of hydrogen-bond donors (Lipinski definition) is 1. The largest absolute Gasteiger partial charge is 0.366 e. The average Bonchev–Trinajstić information content (AvgIpc) is 2.29. The number of nitrogens with two attached hydrogens (primary N) is 1. The number of nitrogens with zero attached hydrogens (tertiary/aromatic N) is 2. The molecular formula is C11H7N3O3. The van der Waals surface area contributed by atoms with Crippen LogP contribution < -0.4 is 5.73 Å². The maximum absolute atomic E-state index is 11.0. The van der Waals surface area contributed by atoms with Crippen LogP contribution in [0.3, 0.4) is 0 Å². The smallest absolute Gasteiger partial charge is 0.271 e. The number of carbonyl (C=O) groups excluding carboxylic acids is 1. The van der Waals surface area contributed by atoms with Crippen LogP contribution in [0.4, 0.5) is 5.69 Å². The second kappa shape index (κ2) is 5.29. The van der Waals surface area contributed by atoms with E-state index in [2.05, 4.69) is 11.8 Å². The monoisotopic (exact) mass is 229 g/mol. The fourth-order valence-electron chi connectivity index (χ4n) is 1.12. The van der Waals surface area contributed by atoms with Crippen LogP contribution in [0.25, 0.3) is 0 Å². The molecule has 1 amide bonds. The van der Waals surface area contributed by atoms with Gasteiger partial charge in [0.2, 0.25) is 5.91 Å². The van der Waals surface area contributed by atoms with Crippen molar-refractivity contribution >= 4 is 11.6 Å². The van der Waals surface area contributed by atoms with E-state index in [-0.39, 0.29) is 23.2 Å². The molecule has 0 heterocycles. The number of primary amides is 1. The van der Waals surface area contributed by atoms with Gasteiger partial charge in [0.05, 0.1) is 17.4 Å². The molecule has 1 aromatic rings. The predicted molar refractivity (Wildman–Crippen MR) is 58.7 cm³/mol. The quantitative estimate of drug-likeness (QED) is 0.462. The summed E-state index contributed by atoms with van der Waals surface area (Å²) in [6, 6.07) is 5.46. The van der Waals surface area contributed by atoms with Crippen LogP contribution in [-0.4, -0.2) is 10.8 Å². The average molecular weight is 229 g/mol. The topological polar surface area (TPSA) is 110 Å². The first-order valence-electron chi connectivity index (χ1n) is 4.49. The number of benzene rings is 1. The number of rotatable bonds is 2. The summed E-state index contributed by atoms with van der Waals surface area (Å²) in [4.78, 5) is 20.9. The number of nitro groups is 1.